The van der Waals surface area contributed by atoms with Gasteiger partial charge in [0.1, 0.15) is 18.4 Å². The summed E-state index contributed by atoms with van der Waals surface area (Å²) in [6, 6.07) is 16.4. The molecule has 2 aromatic rings. The van der Waals surface area contributed by atoms with E-state index in [2.05, 4.69) is 10.6 Å². The predicted molar refractivity (Wildman–Crippen MR) is 103 cm³/mol. The first kappa shape index (κ1) is 19.5. The van der Waals surface area contributed by atoms with Gasteiger partial charge in [0.25, 0.3) is 0 Å². The van der Waals surface area contributed by atoms with Crippen LogP contribution in [0.3, 0.4) is 0 Å². The zero-order valence-corrected chi connectivity index (χ0v) is 15.7. The Hall–Kier alpha value is -2.82. The Kier molecular flexibility index (Phi) is 6.39. The van der Waals surface area contributed by atoms with Crippen molar-refractivity contribution in [2.24, 2.45) is 5.41 Å². The minimum atomic E-state index is -0.615. The fourth-order valence-electron chi connectivity index (χ4n) is 2.10. The summed E-state index contributed by atoms with van der Waals surface area (Å²) in [4.78, 5) is 24.2. The first-order valence-corrected chi connectivity index (χ1v) is 8.64. The van der Waals surface area contributed by atoms with Crippen molar-refractivity contribution in [1.82, 2.24) is 5.32 Å². The molecule has 1 atom stereocenters. The number of hydrogen-bond donors (Lipinski definition) is 2. The van der Waals surface area contributed by atoms with Crippen molar-refractivity contribution in [1.29, 1.82) is 0 Å². The van der Waals surface area contributed by atoms with Crippen molar-refractivity contribution in [3.05, 3.63) is 60.2 Å². The van der Waals surface area contributed by atoms with Gasteiger partial charge < -0.3 is 15.4 Å². The Morgan fingerprint density at radius 3 is 2.19 bits per heavy atom. The minimum Gasteiger partial charge on any atom is -0.489 e. The molecule has 0 spiro atoms. The van der Waals surface area contributed by atoms with Crippen molar-refractivity contribution in [3.63, 3.8) is 0 Å². The molecule has 0 saturated carbocycles. The van der Waals surface area contributed by atoms with E-state index in [4.69, 9.17) is 4.74 Å². The summed E-state index contributed by atoms with van der Waals surface area (Å²) in [5.41, 5.74) is 1.21. The molecule has 0 bridgehead atoms. The zero-order valence-electron chi connectivity index (χ0n) is 15.7. The minimum absolute atomic E-state index is 0.162. The van der Waals surface area contributed by atoms with E-state index in [9.17, 15) is 9.59 Å². The van der Waals surface area contributed by atoms with Crippen molar-refractivity contribution in [2.45, 2.75) is 40.3 Å². The molecule has 2 amide bonds. The van der Waals surface area contributed by atoms with Gasteiger partial charge in [-0.25, -0.2) is 0 Å². The molecule has 26 heavy (non-hydrogen) atoms. The summed E-state index contributed by atoms with van der Waals surface area (Å²) in [5.74, 6) is 0.297. The second-order valence-corrected chi connectivity index (χ2v) is 7.23. The second-order valence-electron chi connectivity index (χ2n) is 7.23. The molecule has 0 fully saturated rings. The van der Waals surface area contributed by atoms with Crippen LogP contribution in [-0.2, 0) is 16.2 Å². The molecule has 0 aliphatic carbocycles. The Morgan fingerprint density at radius 1 is 1.00 bits per heavy atom. The van der Waals surface area contributed by atoms with E-state index >= 15 is 0 Å². The summed E-state index contributed by atoms with van der Waals surface area (Å²) >= 11 is 0. The van der Waals surface area contributed by atoms with E-state index in [1.54, 1.807) is 52.0 Å². The topological polar surface area (TPSA) is 67.4 Å². The van der Waals surface area contributed by atoms with E-state index in [0.717, 1.165) is 11.3 Å². The molecule has 0 aromatic heterocycles. The van der Waals surface area contributed by atoms with E-state index in [0.29, 0.717) is 12.3 Å². The van der Waals surface area contributed by atoms with E-state index < -0.39 is 11.5 Å². The highest BCUT2D eigenvalue weighted by molar-refractivity contribution is 5.97. The average molecular weight is 354 g/mol. The number of rotatable bonds is 6. The van der Waals surface area contributed by atoms with Crippen LogP contribution in [0.1, 0.15) is 33.3 Å². The SMILES string of the molecule is C[C@H](NC(=O)C(C)(C)C)C(=O)Nc1ccc(OCc2ccccc2)cc1. The summed E-state index contributed by atoms with van der Waals surface area (Å²) in [6.07, 6.45) is 0. The fourth-order valence-corrected chi connectivity index (χ4v) is 2.10. The molecule has 0 radical (unpaired) electrons. The Labute approximate surface area is 154 Å². The van der Waals surface area contributed by atoms with Gasteiger partial charge in [0, 0.05) is 11.1 Å². The van der Waals surface area contributed by atoms with Crippen LogP contribution in [0.25, 0.3) is 0 Å². The number of anilines is 1. The normalized spacial score (nSPS) is 12.2. The van der Waals surface area contributed by atoms with Gasteiger partial charge in [-0.05, 0) is 36.8 Å². The number of benzene rings is 2. The van der Waals surface area contributed by atoms with Gasteiger partial charge in [-0.1, -0.05) is 51.1 Å². The predicted octanol–water partition coefficient (Wildman–Crippen LogP) is 3.75. The lowest BCUT2D eigenvalue weighted by atomic mass is 9.95. The molecule has 2 N–H and O–H groups in total. The van der Waals surface area contributed by atoms with Crippen LogP contribution in [-0.4, -0.2) is 17.9 Å². The van der Waals surface area contributed by atoms with Crippen molar-refractivity contribution >= 4 is 17.5 Å². The van der Waals surface area contributed by atoms with Gasteiger partial charge in [-0.3, -0.25) is 9.59 Å². The van der Waals surface area contributed by atoms with Crippen LogP contribution in [0.2, 0.25) is 0 Å². The molecule has 5 heteroatoms. The number of amides is 2. The van der Waals surface area contributed by atoms with Crippen molar-refractivity contribution in [2.75, 3.05) is 5.32 Å². The number of ether oxygens (including phenoxy) is 1. The zero-order chi connectivity index (χ0) is 19.2. The van der Waals surface area contributed by atoms with E-state index in [-0.39, 0.29) is 11.8 Å². The van der Waals surface area contributed by atoms with Crippen LogP contribution < -0.4 is 15.4 Å². The lowest BCUT2D eigenvalue weighted by Crippen LogP contribution is -2.46. The van der Waals surface area contributed by atoms with Gasteiger partial charge >= 0.3 is 0 Å². The average Bonchev–Trinajstić information content (AvgIpc) is 2.61. The molecule has 0 heterocycles. The molecule has 0 aliphatic heterocycles. The maximum absolute atomic E-state index is 12.2. The highest BCUT2D eigenvalue weighted by atomic mass is 16.5. The van der Waals surface area contributed by atoms with Crippen molar-refractivity contribution < 1.29 is 14.3 Å². The van der Waals surface area contributed by atoms with E-state index in [1.165, 1.54) is 0 Å². The van der Waals surface area contributed by atoms with Crippen molar-refractivity contribution in [3.8, 4) is 5.75 Å². The summed E-state index contributed by atoms with van der Waals surface area (Å²) in [5, 5.41) is 5.50. The molecule has 138 valence electrons. The standard InChI is InChI=1S/C21H26N2O3/c1-15(22-20(25)21(2,3)4)19(24)23-17-10-12-18(13-11-17)26-14-16-8-6-5-7-9-16/h5-13,15H,14H2,1-4H3,(H,22,25)(H,23,24)/t15-/m0/s1. The molecular weight excluding hydrogens is 328 g/mol. The van der Waals surface area contributed by atoms with Gasteiger partial charge in [-0.2, -0.15) is 0 Å². The lowest BCUT2D eigenvalue weighted by molar-refractivity contribution is -0.131. The molecule has 0 unspecified atom stereocenters. The largest absolute Gasteiger partial charge is 0.489 e. The first-order chi connectivity index (χ1) is 12.3. The second kappa shape index (κ2) is 8.52. The number of nitrogens with one attached hydrogen (secondary N) is 2. The molecule has 2 rings (SSSR count). The molecule has 0 saturated heterocycles. The number of carbonyl (C=O) groups is 2. The fraction of sp³-hybridized carbons (Fsp3) is 0.333. The van der Waals surface area contributed by atoms with Crippen LogP contribution in [0.4, 0.5) is 5.69 Å². The van der Waals surface area contributed by atoms with Gasteiger partial charge in [0.2, 0.25) is 11.8 Å². The third-order valence-corrected chi connectivity index (χ3v) is 3.79. The number of hydrogen-bond acceptors (Lipinski definition) is 3. The third kappa shape index (κ3) is 5.92. The summed E-state index contributed by atoms with van der Waals surface area (Å²) in [6.45, 7) is 7.57. The maximum atomic E-state index is 12.2. The monoisotopic (exact) mass is 354 g/mol. The summed E-state index contributed by atoms with van der Waals surface area (Å²) in [7, 11) is 0. The molecule has 5 nitrogen and oxygen atoms in total. The van der Waals surface area contributed by atoms with E-state index in [1.807, 2.05) is 30.3 Å². The molecule has 0 aliphatic rings. The van der Waals surface area contributed by atoms with Crippen LogP contribution >= 0.6 is 0 Å². The Morgan fingerprint density at radius 2 is 1.62 bits per heavy atom. The lowest BCUT2D eigenvalue weighted by Gasteiger charge is -2.21. The highest BCUT2D eigenvalue weighted by Crippen LogP contribution is 2.18. The molecular formula is C21H26N2O3. The van der Waals surface area contributed by atoms with Crippen LogP contribution in [0.15, 0.2) is 54.6 Å². The Bertz CT molecular complexity index is 734. The van der Waals surface area contributed by atoms with Gasteiger partial charge in [-0.15, -0.1) is 0 Å². The van der Waals surface area contributed by atoms with Crippen LogP contribution in [0, 0.1) is 5.41 Å². The quantitative estimate of drug-likeness (QED) is 0.830. The first-order valence-electron chi connectivity index (χ1n) is 8.64. The Balaban J connectivity index is 1.86. The maximum Gasteiger partial charge on any atom is 0.246 e. The summed E-state index contributed by atoms with van der Waals surface area (Å²) < 4.78 is 5.72. The van der Waals surface area contributed by atoms with Gasteiger partial charge in [0.05, 0.1) is 0 Å². The highest BCUT2D eigenvalue weighted by Gasteiger charge is 2.25. The number of carbonyl (C=O) groups excluding carboxylic acids is 2. The molecule has 2 aromatic carbocycles. The van der Waals surface area contributed by atoms with Crippen LogP contribution in [0.5, 0.6) is 5.75 Å². The third-order valence-electron chi connectivity index (χ3n) is 3.79. The smallest absolute Gasteiger partial charge is 0.246 e. The van der Waals surface area contributed by atoms with Gasteiger partial charge in [0.15, 0.2) is 0 Å².